The minimum absolute atomic E-state index is 0.0875. The maximum atomic E-state index is 12.7. The normalized spacial score (nSPS) is 23.5. The van der Waals surface area contributed by atoms with Gasteiger partial charge < -0.3 is 10.6 Å². The Hall–Kier alpha value is -0.680. The Labute approximate surface area is 127 Å². The molecule has 1 aliphatic heterocycles. The van der Waals surface area contributed by atoms with E-state index in [0.717, 1.165) is 23.1 Å². The van der Waals surface area contributed by atoms with Crippen LogP contribution in [0.2, 0.25) is 0 Å². The number of anilines is 1. The van der Waals surface area contributed by atoms with Gasteiger partial charge in [0, 0.05) is 39.3 Å². The van der Waals surface area contributed by atoms with Crippen LogP contribution in [0.5, 0.6) is 0 Å². The Morgan fingerprint density at radius 1 is 1.37 bits per heavy atom. The van der Waals surface area contributed by atoms with E-state index in [0.29, 0.717) is 21.8 Å². The van der Waals surface area contributed by atoms with E-state index >= 15 is 0 Å². The van der Waals surface area contributed by atoms with Crippen molar-refractivity contribution >= 4 is 39.3 Å². The minimum atomic E-state index is 0.0875. The fourth-order valence-corrected chi connectivity index (χ4v) is 4.24. The molecule has 1 saturated heterocycles. The summed E-state index contributed by atoms with van der Waals surface area (Å²) in [5.41, 5.74) is 8.17. The van der Waals surface area contributed by atoms with Gasteiger partial charge in [0.1, 0.15) is 0 Å². The number of carbonyl (C=O) groups is 1. The molecule has 0 aliphatic carbocycles. The summed E-state index contributed by atoms with van der Waals surface area (Å²) in [5, 5.41) is 0.968. The van der Waals surface area contributed by atoms with Crippen molar-refractivity contribution in [3.8, 4) is 0 Å². The summed E-state index contributed by atoms with van der Waals surface area (Å²) in [6.07, 6.45) is 0. The maximum Gasteiger partial charge on any atom is 0.254 e. The molecule has 1 heterocycles. The number of rotatable bonds is 1. The summed E-state index contributed by atoms with van der Waals surface area (Å²) >= 11 is 5.35. The lowest BCUT2D eigenvalue weighted by molar-refractivity contribution is 0.0752. The van der Waals surface area contributed by atoms with Crippen LogP contribution in [0.25, 0.3) is 0 Å². The highest BCUT2D eigenvalue weighted by Gasteiger charge is 2.27. The largest absolute Gasteiger partial charge is 0.398 e. The van der Waals surface area contributed by atoms with Crippen LogP contribution in [0.4, 0.5) is 5.69 Å². The topological polar surface area (TPSA) is 46.3 Å². The van der Waals surface area contributed by atoms with E-state index in [2.05, 4.69) is 29.8 Å². The minimum Gasteiger partial charge on any atom is -0.398 e. The maximum absolute atomic E-state index is 12.7. The molecule has 2 unspecified atom stereocenters. The first-order chi connectivity index (χ1) is 8.88. The van der Waals surface area contributed by atoms with Gasteiger partial charge in [-0.3, -0.25) is 4.79 Å². The number of carbonyl (C=O) groups excluding carboxylic acids is 1. The number of hydrogen-bond donors (Lipinski definition) is 1. The summed E-state index contributed by atoms with van der Waals surface area (Å²) in [4.78, 5) is 14.6. The fraction of sp³-hybridized carbons (Fsp3) is 0.500. The van der Waals surface area contributed by atoms with Crippen molar-refractivity contribution in [2.75, 3.05) is 18.8 Å². The van der Waals surface area contributed by atoms with Gasteiger partial charge in [0.2, 0.25) is 0 Å². The average Bonchev–Trinajstić information content (AvgIpc) is 2.31. The zero-order valence-corrected chi connectivity index (χ0v) is 13.8. The molecule has 2 N–H and O–H groups in total. The monoisotopic (exact) mass is 342 g/mol. The summed E-state index contributed by atoms with van der Waals surface area (Å²) in [6.45, 7) is 7.85. The van der Waals surface area contributed by atoms with Gasteiger partial charge in [-0.05, 0) is 24.6 Å². The number of nitrogen functional groups attached to an aromatic ring is 1. The summed E-state index contributed by atoms with van der Waals surface area (Å²) < 4.78 is 0.853. The molecule has 0 spiro atoms. The number of benzene rings is 1. The number of thioether (sulfide) groups is 1. The molecule has 2 rings (SSSR count). The Balaban J connectivity index is 2.29. The van der Waals surface area contributed by atoms with E-state index in [1.807, 2.05) is 35.7 Å². The molecular formula is C14H19BrN2OS. The first-order valence-corrected chi connectivity index (χ1v) is 8.12. The second kappa shape index (κ2) is 5.75. The van der Waals surface area contributed by atoms with Crippen LogP contribution in [0.15, 0.2) is 16.6 Å². The van der Waals surface area contributed by atoms with Crippen molar-refractivity contribution in [3.05, 3.63) is 27.7 Å². The first-order valence-electron chi connectivity index (χ1n) is 6.39. The third-order valence-corrected chi connectivity index (χ3v) is 5.04. The highest BCUT2D eigenvalue weighted by atomic mass is 79.9. The number of hydrogen-bond acceptors (Lipinski definition) is 3. The lowest BCUT2D eigenvalue weighted by Crippen LogP contribution is -2.44. The summed E-state index contributed by atoms with van der Waals surface area (Å²) in [7, 11) is 0. The third-order valence-electron chi connectivity index (χ3n) is 3.35. The third kappa shape index (κ3) is 3.26. The predicted octanol–water partition coefficient (Wildman–Crippen LogP) is 3.31. The summed E-state index contributed by atoms with van der Waals surface area (Å²) in [5.74, 6) is 0.0875. The molecule has 1 aliphatic rings. The molecule has 1 amide bonds. The van der Waals surface area contributed by atoms with Crippen molar-refractivity contribution in [3.63, 3.8) is 0 Å². The summed E-state index contributed by atoms with van der Waals surface area (Å²) in [6, 6.07) is 3.70. The zero-order chi connectivity index (χ0) is 14.2. The van der Waals surface area contributed by atoms with E-state index < -0.39 is 0 Å². The Morgan fingerprint density at radius 3 is 2.53 bits per heavy atom. The molecule has 0 bridgehead atoms. The van der Waals surface area contributed by atoms with Crippen LogP contribution in [-0.2, 0) is 0 Å². The lowest BCUT2D eigenvalue weighted by atomic mass is 10.1. The molecule has 1 aromatic carbocycles. The standard InChI is InChI=1S/C14H19BrN2OS/c1-8-6-17(7-9(2)19-8)14(18)12-4-11(15)5-13(16)10(12)3/h4-5,8-9H,6-7,16H2,1-3H3. The van der Waals surface area contributed by atoms with Crippen LogP contribution in [0.1, 0.15) is 29.8 Å². The van der Waals surface area contributed by atoms with E-state index in [9.17, 15) is 4.79 Å². The molecule has 0 saturated carbocycles. The quantitative estimate of drug-likeness (QED) is 0.796. The SMILES string of the molecule is Cc1c(N)cc(Br)cc1C(=O)N1CC(C)SC(C)C1. The van der Waals surface area contributed by atoms with Gasteiger partial charge >= 0.3 is 0 Å². The van der Waals surface area contributed by atoms with Gasteiger partial charge in [-0.15, -0.1) is 0 Å². The number of nitrogens with two attached hydrogens (primary N) is 1. The Bertz CT molecular complexity index is 496. The molecule has 5 heteroatoms. The smallest absolute Gasteiger partial charge is 0.254 e. The van der Waals surface area contributed by atoms with Gasteiger partial charge in [-0.25, -0.2) is 0 Å². The molecule has 0 aromatic heterocycles. The van der Waals surface area contributed by atoms with Gasteiger partial charge in [-0.2, -0.15) is 11.8 Å². The van der Waals surface area contributed by atoms with E-state index in [1.54, 1.807) is 0 Å². The van der Waals surface area contributed by atoms with Crippen LogP contribution < -0.4 is 5.73 Å². The zero-order valence-electron chi connectivity index (χ0n) is 11.4. The van der Waals surface area contributed by atoms with E-state index in [-0.39, 0.29) is 5.91 Å². The Morgan fingerprint density at radius 2 is 1.95 bits per heavy atom. The van der Waals surface area contributed by atoms with Crippen LogP contribution in [0, 0.1) is 6.92 Å². The van der Waals surface area contributed by atoms with Crippen molar-refractivity contribution in [1.29, 1.82) is 0 Å². The van der Waals surface area contributed by atoms with Gasteiger partial charge in [-0.1, -0.05) is 29.8 Å². The Kier molecular flexibility index (Phi) is 4.46. The number of nitrogens with zero attached hydrogens (tertiary/aromatic N) is 1. The van der Waals surface area contributed by atoms with Gasteiger partial charge in [0.15, 0.2) is 0 Å². The predicted molar refractivity (Wildman–Crippen MR) is 85.7 cm³/mol. The molecule has 104 valence electrons. The fourth-order valence-electron chi connectivity index (χ4n) is 2.44. The molecule has 2 atom stereocenters. The van der Waals surface area contributed by atoms with Crippen molar-refractivity contribution in [2.24, 2.45) is 0 Å². The van der Waals surface area contributed by atoms with Gasteiger partial charge in [0.25, 0.3) is 5.91 Å². The van der Waals surface area contributed by atoms with Crippen molar-refractivity contribution < 1.29 is 4.79 Å². The number of halogens is 1. The van der Waals surface area contributed by atoms with Crippen LogP contribution in [0.3, 0.4) is 0 Å². The molecule has 1 fully saturated rings. The van der Waals surface area contributed by atoms with Crippen molar-refractivity contribution in [2.45, 2.75) is 31.3 Å². The van der Waals surface area contributed by atoms with E-state index in [1.165, 1.54) is 0 Å². The second-order valence-electron chi connectivity index (χ2n) is 5.14. The molecule has 0 radical (unpaired) electrons. The van der Waals surface area contributed by atoms with Crippen molar-refractivity contribution in [1.82, 2.24) is 4.90 Å². The molecule has 3 nitrogen and oxygen atoms in total. The van der Waals surface area contributed by atoms with Crippen LogP contribution in [-0.4, -0.2) is 34.4 Å². The first kappa shape index (κ1) is 14.7. The lowest BCUT2D eigenvalue weighted by Gasteiger charge is -2.35. The number of amides is 1. The van der Waals surface area contributed by atoms with Gasteiger partial charge in [0.05, 0.1) is 0 Å². The molecule has 1 aromatic rings. The second-order valence-corrected chi connectivity index (χ2v) is 7.93. The average molecular weight is 343 g/mol. The highest BCUT2D eigenvalue weighted by Crippen LogP contribution is 2.28. The molecular weight excluding hydrogens is 324 g/mol. The molecule has 19 heavy (non-hydrogen) atoms. The van der Waals surface area contributed by atoms with E-state index in [4.69, 9.17) is 5.73 Å². The van der Waals surface area contributed by atoms with Crippen LogP contribution >= 0.6 is 27.7 Å². The highest BCUT2D eigenvalue weighted by molar-refractivity contribution is 9.10.